The molecule has 1 aromatic carbocycles. The lowest BCUT2D eigenvalue weighted by Gasteiger charge is -2.21. The lowest BCUT2D eigenvalue weighted by atomic mass is 10.0. The Morgan fingerprint density at radius 2 is 2.22 bits per heavy atom. The number of hydrogen-bond donors (Lipinski definition) is 3. The van der Waals surface area contributed by atoms with Crippen molar-refractivity contribution >= 4 is 23.2 Å². The molecule has 3 N–H and O–H groups in total. The van der Waals surface area contributed by atoms with Crippen molar-refractivity contribution < 1.29 is 9.90 Å². The molecule has 0 aliphatic carbocycles. The fraction of sp³-hybridized carbons (Fsp3) is 0.462. The van der Waals surface area contributed by atoms with E-state index in [1.165, 1.54) is 0 Å². The molecule has 100 valence electrons. The molecule has 0 fully saturated rings. The standard InChI is InChI=1S/C13H19ClN2O2/c1-3-13(2,18)9-15-8-12(17)16-11-6-4-5-10(14)7-11/h4-7,15,18H,3,8-9H2,1-2H3,(H,16,17). The fourth-order valence-electron chi connectivity index (χ4n) is 1.34. The predicted molar refractivity (Wildman–Crippen MR) is 73.9 cm³/mol. The SMILES string of the molecule is CCC(C)(O)CNCC(=O)Nc1cccc(Cl)c1. The highest BCUT2D eigenvalue weighted by molar-refractivity contribution is 6.30. The number of amides is 1. The van der Waals surface area contributed by atoms with Crippen molar-refractivity contribution in [3.05, 3.63) is 29.3 Å². The van der Waals surface area contributed by atoms with E-state index < -0.39 is 5.60 Å². The molecular formula is C13H19ClN2O2. The Kier molecular flexibility index (Phi) is 5.59. The van der Waals surface area contributed by atoms with Crippen LogP contribution in [0, 0.1) is 0 Å². The summed E-state index contributed by atoms with van der Waals surface area (Å²) in [7, 11) is 0. The number of carbonyl (C=O) groups is 1. The number of rotatable bonds is 6. The molecule has 1 aromatic rings. The van der Waals surface area contributed by atoms with Gasteiger partial charge in [0.15, 0.2) is 0 Å². The van der Waals surface area contributed by atoms with E-state index in [-0.39, 0.29) is 12.5 Å². The van der Waals surface area contributed by atoms with Crippen LogP contribution in [0.5, 0.6) is 0 Å². The van der Waals surface area contributed by atoms with Crippen LogP contribution in [0.15, 0.2) is 24.3 Å². The summed E-state index contributed by atoms with van der Waals surface area (Å²) >= 11 is 5.81. The monoisotopic (exact) mass is 270 g/mol. The molecule has 0 spiro atoms. The summed E-state index contributed by atoms with van der Waals surface area (Å²) in [5.74, 6) is -0.163. The molecule has 0 radical (unpaired) electrons. The second-order valence-corrected chi connectivity index (χ2v) is 4.95. The van der Waals surface area contributed by atoms with Gasteiger partial charge in [-0.1, -0.05) is 24.6 Å². The fourth-order valence-corrected chi connectivity index (χ4v) is 1.53. The van der Waals surface area contributed by atoms with E-state index in [9.17, 15) is 9.90 Å². The summed E-state index contributed by atoms with van der Waals surface area (Å²) < 4.78 is 0. The molecular weight excluding hydrogens is 252 g/mol. The largest absolute Gasteiger partial charge is 0.389 e. The Morgan fingerprint density at radius 1 is 1.50 bits per heavy atom. The first kappa shape index (κ1) is 15.0. The molecule has 1 rings (SSSR count). The molecule has 0 aliphatic heterocycles. The van der Waals surface area contributed by atoms with Crippen molar-refractivity contribution in [3.63, 3.8) is 0 Å². The van der Waals surface area contributed by atoms with Crippen LogP contribution in [-0.4, -0.2) is 29.7 Å². The smallest absolute Gasteiger partial charge is 0.238 e. The lowest BCUT2D eigenvalue weighted by Crippen LogP contribution is -2.40. The number of nitrogens with one attached hydrogen (secondary N) is 2. The maximum Gasteiger partial charge on any atom is 0.238 e. The van der Waals surface area contributed by atoms with Gasteiger partial charge in [0, 0.05) is 17.3 Å². The van der Waals surface area contributed by atoms with Crippen molar-refractivity contribution in [2.75, 3.05) is 18.4 Å². The van der Waals surface area contributed by atoms with Gasteiger partial charge in [0.2, 0.25) is 5.91 Å². The van der Waals surface area contributed by atoms with Gasteiger partial charge in [-0.05, 0) is 31.5 Å². The number of halogens is 1. The minimum atomic E-state index is -0.781. The van der Waals surface area contributed by atoms with E-state index in [2.05, 4.69) is 10.6 Å². The second-order valence-electron chi connectivity index (χ2n) is 4.51. The Hall–Kier alpha value is -1.10. The van der Waals surface area contributed by atoms with Gasteiger partial charge in [-0.3, -0.25) is 4.79 Å². The van der Waals surface area contributed by atoms with Crippen LogP contribution >= 0.6 is 11.6 Å². The zero-order valence-corrected chi connectivity index (χ0v) is 11.4. The van der Waals surface area contributed by atoms with Crippen molar-refractivity contribution in [2.24, 2.45) is 0 Å². The third-order valence-corrected chi connectivity index (χ3v) is 2.90. The third kappa shape index (κ3) is 5.49. The number of aliphatic hydroxyl groups is 1. The summed E-state index contributed by atoms with van der Waals surface area (Å²) in [6.07, 6.45) is 0.635. The van der Waals surface area contributed by atoms with E-state index in [1.54, 1.807) is 31.2 Å². The lowest BCUT2D eigenvalue weighted by molar-refractivity contribution is -0.115. The predicted octanol–water partition coefficient (Wildman–Crippen LogP) is 2.03. The van der Waals surface area contributed by atoms with Gasteiger partial charge in [-0.2, -0.15) is 0 Å². The minimum absolute atomic E-state index is 0.155. The van der Waals surface area contributed by atoms with E-state index in [1.807, 2.05) is 6.92 Å². The summed E-state index contributed by atoms with van der Waals surface area (Å²) in [5, 5.41) is 16.0. The zero-order chi connectivity index (χ0) is 13.6. The first-order valence-corrected chi connectivity index (χ1v) is 6.29. The van der Waals surface area contributed by atoms with Crippen LogP contribution < -0.4 is 10.6 Å². The van der Waals surface area contributed by atoms with E-state index in [4.69, 9.17) is 11.6 Å². The van der Waals surface area contributed by atoms with Crippen LogP contribution in [0.3, 0.4) is 0 Å². The number of hydrogen-bond acceptors (Lipinski definition) is 3. The normalized spacial score (nSPS) is 14.0. The van der Waals surface area contributed by atoms with Crippen molar-refractivity contribution in [2.45, 2.75) is 25.9 Å². The molecule has 1 unspecified atom stereocenters. The van der Waals surface area contributed by atoms with Gasteiger partial charge in [0.25, 0.3) is 0 Å². The van der Waals surface area contributed by atoms with E-state index in [0.717, 1.165) is 0 Å². The van der Waals surface area contributed by atoms with Gasteiger partial charge in [0.1, 0.15) is 0 Å². The average molecular weight is 271 g/mol. The van der Waals surface area contributed by atoms with Crippen LogP contribution in [0.4, 0.5) is 5.69 Å². The Bertz CT molecular complexity index is 408. The first-order valence-electron chi connectivity index (χ1n) is 5.91. The average Bonchev–Trinajstić information content (AvgIpc) is 2.28. The molecule has 0 aliphatic rings. The van der Waals surface area contributed by atoms with E-state index in [0.29, 0.717) is 23.7 Å². The van der Waals surface area contributed by atoms with Gasteiger partial charge >= 0.3 is 0 Å². The molecule has 0 aromatic heterocycles. The minimum Gasteiger partial charge on any atom is -0.389 e. The van der Waals surface area contributed by atoms with Crippen LogP contribution in [0.1, 0.15) is 20.3 Å². The highest BCUT2D eigenvalue weighted by atomic mass is 35.5. The summed E-state index contributed by atoms with van der Waals surface area (Å²) in [6, 6.07) is 6.97. The summed E-state index contributed by atoms with van der Waals surface area (Å²) in [5.41, 5.74) is -0.118. The molecule has 0 saturated carbocycles. The van der Waals surface area contributed by atoms with Crippen molar-refractivity contribution in [1.29, 1.82) is 0 Å². The number of anilines is 1. The molecule has 1 atom stereocenters. The quantitative estimate of drug-likeness (QED) is 0.741. The van der Waals surface area contributed by atoms with Crippen LogP contribution in [0.25, 0.3) is 0 Å². The topological polar surface area (TPSA) is 61.4 Å². The Balaban J connectivity index is 2.34. The van der Waals surface area contributed by atoms with Gasteiger partial charge in [0.05, 0.1) is 12.1 Å². The van der Waals surface area contributed by atoms with Gasteiger partial charge < -0.3 is 15.7 Å². The zero-order valence-electron chi connectivity index (χ0n) is 10.7. The summed E-state index contributed by atoms with van der Waals surface area (Å²) in [4.78, 5) is 11.6. The third-order valence-electron chi connectivity index (χ3n) is 2.66. The maximum atomic E-state index is 11.6. The molecule has 1 amide bonds. The summed E-state index contributed by atoms with van der Waals surface area (Å²) in [6.45, 7) is 4.16. The first-order chi connectivity index (χ1) is 8.43. The molecule has 18 heavy (non-hydrogen) atoms. The number of benzene rings is 1. The molecule has 0 saturated heterocycles. The van der Waals surface area contributed by atoms with Crippen molar-refractivity contribution in [3.8, 4) is 0 Å². The van der Waals surface area contributed by atoms with Crippen LogP contribution in [0.2, 0.25) is 5.02 Å². The van der Waals surface area contributed by atoms with E-state index >= 15 is 0 Å². The number of carbonyl (C=O) groups excluding carboxylic acids is 1. The molecule has 0 bridgehead atoms. The molecule has 4 nitrogen and oxygen atoms in total. The molecule has 0 heterocycles. The highest BCUT2D eigenvalue weighted by Crippen LogP contribution is 2.14. The van der Waals surface area contributed by atoms with Crippen molar-refractivity contribution in [1.82, 2.24) is 5.32 Å². The van der Waals surface area contributed by atoms with Crippen LogP contribution in [-0.2, 0) is 4.79 Å². The Morgan fingerprint density at radius 3 is 2.83 bits per heavy atom. The Labute approximate surface area is 112 Å². The highest BCUT2D eigenvalue weighted by Gasteiger charge is 2.16. The van der Waals surface area contributed by atoms with Gasteiger partial charge in [-0.15, -0.1) is 0 Å². The second kappa shape index (κ2) is 6.73. The van der Waals surface area contributed by atoms with Gasteiger partial charge in [-0.25, -0.2) is 0 Å². The molecule has 5 heteroatoms. The maximum absolute atomic E-state index is 11.6.